The first-order chi connectivity index (χ1) is 7.13. The molecule has 1 aromatic rings. The summed E-state index contributed by atoms with van der Waals surface area (Å²) < 4.78 is 4.59. The Morgan fingerprint density at radius 2 is 1.87 bits per heavy atom. The molecular formula is C11H12O3S. The number of aryl methyl sites for hydroxylation is 1. The second kappa shape index (κ2) is 5.56. The van der Waals surface area contributed by atoms with E-state index in [9.17, 15) is 9.59 Å². The van der Waals surface area contributed by atoms with Crippen LogP contribution in [0.1, 0.15) is 12.5 Å². The highest BCUT2D eigenvalue weighted by Gasteiger charge is 2.15. The van der Waals surface area contributed by atoms with E-state index in [0.29, 0.717) is 0 Å². The van der Waals surface area contributed by atoms with Crippen molar-refractivity contribution < 1.29 is 14.3 Å². The second-order valence-electron chi connectivity index (χ2n) is 2.92. The summed E-state index contributed by atoms with van der Waals surface area (Å²) in [4.78, 5) is 23.0. The Kier molecular flexibility index (Phi) is 4.37. The van der Waals surface area contributed by atoms with Gasteiger partial charge in [-0.3, -0.25) is 4.79 Å². The lowest BCUT2D eigenvalue weighted by Crippen LogP contribution is -2.13. The fourth-order valence-corrected chi connectivity index (χ4v) is 1.57. The molecule has 0 unspecified atom stereocenters. The third-order valence-corrected chi connectivity index (χ3v) is 2.53. The van der Waals surface area contributed by atoms with Crippen LogP contribution < -0.4 is 0 Å². The molecule has 1 aromatic carbocycles. The van der Waals surface area contributed by atoms with E-state index in [2.05, 4.69) is 4.74 Å². The molecule has 15 heavy (non-hydrogen) atoms. The summed E-state index contributed by atoms with van der Waals surface area (Å²) in [7, 11) is 0. The Bertz CT molecular complexity index is 357. The average molecular weight is 224 g/mol. The number of ether oxygens (including phenoxy) is 1. The molecule has 3 nitrogen and oxygen atoms in total. The summed E-state index contributed by atoms with van der Waals surface area (Å²) in [6.07, 6.45) is 0. The quantitative estimate of drug-likeness (QED) is 0.438. The number of thioether (sulfide) groups is 1. The first-order valence-electron chi connectivity index (χ1n) is 4.59. The minimum absolute atomic E-state index is 0.221. The lowest BCUT2D eigenvalue weighted by Gasteiger charge is -2.00. The molecule has 0 N–H and O–H groups in total. The Labute approximate surface area is 92.8 Å². The van der Waals surface area contributed by atoms with Crippen molar-refractivity contribution in [3.05, 3.63) is 29.8 Å². The van der Waals surface area contributed by atoms with E-state index in [0.717, 1.165) is 22.2 Å². The van der Waals surface area contributed by atoms with E-state index < -0.39 is 11.1 Å². The smallest absolute Gasteiger partial charge is 0.386 e. The molecular weight excluding hydrogens is 212 g/mol. The molecule has 0 heterocycles. The van der Waals surface area contributed by atoms with Crippen LogP contribution in [0, 0.1) is 6.92 Å². The van der Waals surface area contributed by atoms with Crippen LogP contribution in [0.2, 0.25) is 0 Å². The number of carbonyl (C=O) groups excluding carboxylic acids is 2. The van der Waals surface area contributed by atoms with Crippen LogP contribution in [0.25, 0.3) is 0 Å². The van der Waals surface area contributed by atoms with Gasteiger partial charge in [0.25, 0.3) is 0 Å². The van der Waals surface area contributed by atoms with Crippen molar-refractivity contribution in [2.24, 2.45) is 0 Å². The Morgan fingerprint density at radius 3 is 2.40 bits per heavy atom. The van der Waals surface area contributed by atoms with Gasteiger partial charge in [0.05, 0.1) is 6.61 Å². The molecule has 0 aromatic heterocycles. The maximum atomic E-state index is 11.3. The Morgan fingerprint density at radius 1 is 1.27 bits per heavy atom. The van der Waals surface area contributed by atoms with Crippen molar-refractivity contribution in [2.75, 3.05) is 6.61 Å². The molecule has 0 spiro atoms. The van der Waals surface area contributed by atoms with Gasteiger partial charge in [0.1, 0.15) is 0 Å². The van der Waals surface area contributed by atoms with E-state index in [1.165, 1.54) is 0 Å². The molecule has 0 amide bonds. The molecule has 0 aliphatic heterocycles. The fraction of sp³-hybridized carbons (Fsp3) is 0.273. The summed E-state index contributed by atoms with van der Waals surface area (Å²) in [6, 6.07) is 7.38. The van der Waals surface area contributed by atoms with E-state index in [1.54, 1.807) is 19.1 Å². The molecule has 0 bridgehead atoms. The van der Waals surface area contributed by atoms with E-state index in [-0.39, 0.29) is 6.61 Å². The van der Waals surface area contributed by atoms with Crippen LogP contribution in [-0.2, 0) is 14.3 Å². The Balaban J connectivity index is 2.58. The summed E-state index contributed by atoms with van der Waals surface area (Å²) in [5, 5.41) is -0.583. The Hall–Kier alpha value is -1.29. The van der Waals surface area contributed by atoms with Gasteiger partial charge in [-0.05, 0) is 37.7 Å². The molecule has 1 rings (SSSR count). The predicted octanol–water partition coefficient (Wildman–Crippen LogP) is 2.18. The maximum Gasteiger partial charge on any atom is 0.386 e. The minimum Gasteiger partial charge on any atom is -0.460 e. The van der Waals surface area contributed by atoms with Gasteiger partial charge in [0.15, 0.2) is 0 Å². The van der Waals surface area contributed by atoms with Crippen LogP contribution in [0.15, 0.2) is 29.2 Å². The SMILES string of the molecule is CCOC(=O)C(=O)Sc1ccc(C)cc1. The van der Waals surface area contributed by atoms with Crippen LogP contribution in [0.5, 0.6) is 0 Å². The standard InChI is InChI=1S/C11H12O3S/c1-3-14-10(12)11(13)15-9-6-4-8(2)5-7-9/h4-7H,3H2,1-2H3. The minimum atomic E-state index is -0.789. The number of rotatable bonds is 2. The second-order valence-corrected chi connectivity index (χ2v) is 3.97. The summed E-state index contributed by atoms with van der Waals surface area (Å²) in [5.74, 6) is -0.789. The van der Waals surface area contributed by atoms with E-state index in [1.807, 2.05) is 19.1 Å². The summed E-state index contributed by atoms with van der Waals surface area (Å²) in [5.41, 5.74) is 1.11. The van der Waals surface area contributed by atoms with Crippen molar-refractivity contribution in [3.63, 3.8) is 0 Å². The zero-order chi connectivity index (χ0) is 11.3. The normalized spacial score (nSPS) is 9.73. The molecule has 0 saturated carbocycles. The average Bonchev–Trinajstić information content (AvgIpc) is 2.22. The molecule has 0 fully saturated rings. The van der Waals surface area contributed by atoms with E-state index >= 15 is 0 Å². The number of hydrogen-bond donors (Lipinski definition) is 0. The highest BCUT2D eigenvalue weighted by molar-refractivity contribution is 8.15. The summed E-state index contributed by atoms with van der Waals surface area (Å²) >= 11 is 0.887. The molecule has 0 aliphatic carbocycles. The first-order valence-corrected chi connectivity index (χ1v) is 5.40. The zero-order valence-electron chi connectivity index (χ0n) is 8.65. The van der Waals surface area contributed by atoms with Crippen LogP contribution in [0.3, 0.4) is 0 Å². The highest BCUT2D eigenvalue weighted by atomic mass is 32.2. The molecule has 4 heteroatoms. The first kappa shape index (κ1) is 11.8. The van der Waals surface area contributed by atoms with E-state index in [4.69, 9.17) is 0 Å². The van der Waals surface area contributed by atoms with Gasteiger partial charge >= 0.3 is 11.1 Å². The number of benzene rings is 1. The molecule has 0 saturated heterocycles. The van der Waals surface area contributed by atoms with Gasteiger partial charge < -0.3 is 4.74 Å². The number of carbonyl (C=O) groups is 2. The third-order valence-electron chi connectivity index (χ3n) is 1.67. The monoisotopic (exact) mass is 224 g/mol. The van der Waals surface area contributed by atoms with Crippen LogP contribution in [0.4, 0.5) is 0 Å². The molecule has 0 radical (unpaired) electrons. The van der Waals surface area contributed by atoms with Gasteiger partial charge in [0, 0.05) is 4.90 Å². The van der Waals surface area contributed by atoms with Gasteiger partial charge in [-0.15, -0.1) is 0 Å². The third kappa shape index (κ3) is 3.75. The summed E-state index contributed by atoms with van der Waals surface area (Å²) in [6.45, 7) is 3.85. The van der Waals surface area contributed by atoms with Crippen LogP contribution >= 0.6 is 11.8 Å². The largest absolute Gasteiger partial charge is 0.460 e. The lowest BCUT2D eigenvalue weighted by molar-refractivity contribution is -0.149. The lowest BCUT2D eigenvalue weighted by atomic mass is 10.2. The van der Waals surface area contributed by atoms with Gasteiger partial charge in [0.2, 0.25) is 0 Å². The highest BCUT2D eigenvalue weighted by Crippen LogP contribution is 2.19. The number of esters is 1. The molecule has 0 aliphatic rings. The van der Waals surface area contributed by atoms with Crippen LogP contribution in [-0.4, -0.2) is 17.7 Å². The van der Waals surface area contributed by atoms with Crippen molar-refractivity contribution in [1.29, 1.82) is 0 Å². The van der Waals surface area contributed by atoms with Crippen molar-refractivity contribution in [2.45, 2.75) is 18.7 Å². The topological polar surface area (TPSA) is 43.4 Å². The fourth-order valence-electron chi connectivity index (χ4n) is 0.945. The molecule has 80 valence electrons. The van der Waals surface area contributed by atoms with Crippen molar-refractivity contribution in [1.82, 2.24) is 0 Å². The zero-order valence-corrected chi connectivity index (χ0v) is 9.47. The predicted molar refractivity (Wildman–Crippen MR) is 58.7 cm³/mol. The van der Waals surface area contributed by atoms with Gasteiger partial charge in [-0.25, -0.2) is 4.79 Å². The maximum absolute atomic E-state index is 11.3. The van der Waals surface area contributed by atoms with Gasteiger partial charge in [-0.2, -0.15) is 0 Å². The molecule has 0 atom stereocenters. The van der Waals surface area contributed by atoms with Crippen molar-refractivity contribution in [3.8, 4) is 0 Å². The number of hydrogen-bond acceptors (Lipinski definition) is 4. The van der Waals surface area contributed by atoms with Crippen molar-refractivity contribution >= 4 is 22.8 Å². The van der Waals surface area contributed by atoms with Gasteiger partial charge in [-0.1, -0.05) is 17.7 Å².